The van der Waals surface area contributed by atoms with Crippen LogP contribution in [0.25, 0.3) is 0 Å². The van der Waals surface area contributed by atoms with Crippen molar-refractivity contribution in [3.05, 3.63) is 0 Å². The molecule has 4 nitrogen and oxygen atoms in total. The minimum Gasteiger partial charge on any atom is -0.463 e. The highest BCUT2D eigenvalue weighted by Gasteiger charge is 2.07. The summed E-state index contributed by atoms with van der Waals surface area (Å²) in [5, 5.41) is 17.7. The Hall–Kier alpha value is -0.610. The van der Waals surface area contributed by atoms with Gasteiger partial charge in [0.1, 0.15) is 12.7 Å². The smallest absolute Gasteiger partial charge is 0.305 e. The van der Waals surface area contributed by atoms with Crippen molar-refractivity contribution >= 4 is 5.97 Å². The molecule has 0 aromatic carbocycles. The Balaban J connectivity index is 3.14. The first-order valence-corrected chi connectivity index (χ1v) is 11.0. The van der Waals surface area contributed by atoms with Gasteiger partial charge in [0.05, 0.1) is 6.61 Å². The number of carbonyl (C=O) groups is 1. The van der Waals surface area contributed by atoms with Crippen molar-refractivity contribution in [2.75, 3.05) is 13.2 Å². The van der Waals surface area contributed by atoms with E-state index < -0.39 is 6.10 Å². The van der Waals surface area contributed by atoms with Gasteiger partial charge < -0.3 is 14.9 Å². The fourth-order valence-corrected chi connectivity index (χ4v) is 3.08. The second kappa shape index (κ2) is 19.2. The van der Waals surface area contributed by atoms with E-state index in [1.807, 2.05) is 0 Å². The van der Waals surface area contributed by atoms with Crippen LogP contribution in [0.1, 0.15) is 110 Å². The van der Waals surface area contributed by atoms with Gasteiger partial charge in [-0.3, -0.25) is 4.79 Å². The lowest BCUT2D eigenvalue weighted by atomic mass is 10.0. The average Bonchev–Trinajstić information content (AvgIpc) is 2.62. The van der Waals surface area contributed by atoms with Crippen LogP contribution >= 0.6 is 0 Å². The summed E-state index contributed by atoms with van der Waals surface area (Å²) in [6.45, 7) is 4.14. The van der Waals surface area contributed by atoms with E-state index in [0.717, 1.165) is 18.8 Å². The number of carbonyl (C=O) groups excluding carboxylic acids is 1. The number of aliphatic hydroxyl groups is 2. The molecule has 0 aromatic rings. The highest BCUT2D eigenvalue weighted by Crippen LogP contribution is 2.14. The van der Waals surface area contributed by atoms with Gasteiger partial charge in [-0.05, 0) is 12.3 Å². The number of hydrogen-bond donors (Lipinski definition) is 2. The lowest BCUT2D eigenvalue weighted by molar-refractivity contribution is -0.147. The molecule has 2 N–H and O–H groups in total. The van der Waals surface area contributed by atoms with Gasteiger partial charge in [-0.25, -0.2) is 0 Å². The quantitative estimate of drug-likeness (QED) is 0.236. The van der Waals surface area contributed by atoms with Gasteiger partial charge in [0.25, 0.3) is 0 Å². The topological polar surface area (TPSA) is 66.8 Å². The van der Waals surface area contributed by atoms with Crippen LogP contribution in [0.3, 0.4) is 0 Å². The molecule has 0 aromatic heterocycles. The molecule has 0 aliphatic rings. The van der Waals surface area contributed by atoms with Crippen LogP contribution in [-0.4, -0.2) is 35.5 Å². The minimum absolute atomic E-state index is 0.104. The summed E-state index contributed by atoms with van der Waals surface area (Å²) < 4.78 is 4.87. The summed E-state index contributed by atoms with van der Waals surface area (Å²) >= 11 is 0. The van der Waals surface area contributed by atoms with E-state index in [1.54, 1.807) is 0 Å². The Morgan fingerprint density at radius 2 is 1.19 bits per heavy atom. The zero-order chi connectivity index (χ0) is 19.5. The van der Waals surface area contributed by atoms with Crippen LogP contribution in [0, 0.1) is 5.92 Å². The summed E-state index contributed by atoms with van der Waals surface area (Å²) in [4.78, 5) is 11.4. The molecule has 0 heterocycles. The maximum atomic E-state index is 11.4. The maximum absolute atomic E-state index is 11.4. The Morgan fingerprint density at radius 3 is 1.62 bits per heavy atom. The highest BCUT2D eigenvalue weighted by atomic mass is 16.5. The van der Waals surface area contributed by atoms with Crippen molar-refractivity contribution in [2.24, 2.45) is 5.92 Å². The van der Waals surface area contributed by atoms with Crippen LogP contribution in [-0.2, 0) is 9.53 Å². The molecule has 0 aliphatic carbocycles. The maximum Gasteiger partial charge on any atom is 0.305 e. The highest BCUT2D eigenvalue weighted by molar-refractivity contribution is 5.69. The fourth-order valence-electron chi connectivity index (χ4n) is 3.08. The SMILES string of the molecule is CC(C)CCCCCCCCCCCCCCCC(=O)OCC(O)CO. The Morgan fingerprint density at radius 1 is 0.769 bits per heavy atom. The second-order valence-corrected chi connectivity index (χ2v) is 8.05. The summed E-state index contributed by atoms with van der Waals surface area (Å²) in [6, 6.07) is 0. The van der Waals surface area contributed by atoms with E-state index in [9.17, 15) is 4.79 Å². The molecule has 156 valence electrons. The molecular weight excluding hydrogens is 328 g/mol. The third-order valence-electron chi connectivity index (χ3n) is 4.81. The molecular formula is C22H44O4. The van der Waals surface area contributed by atoms with E-state index in [0.29, 0.717) is 6.42 Å². The third kappa shape index (κ3) is 19.7. The minimum atomic E-state index is -0.955. The Bertz CT molecular complexity index is 305. The summed E-state index contributed by atoms with van der Waals surface area (Å²) in [7, 11) is 0. The van der Waals surface area contributed by atoms with E-state index >= 15 is 0 Å². The summed E-state index contributed by atoms with van der Waals surface area (Å²) in [5.41, 5.74) is 0. The number of ether oxygens (including phenoxy) is 1. The van der Waals surface area contributed by atoms with Crippen LogP contribution in [0.4, 0.5) is 0 Å². The predicted octanol–water partition coefficient (Wildman–Crippen LogP) is 5.39. The van der Waals surface area contributed by atoms with Crippen LogP contribution in [0.5, 0.6) is 0 Å². The van der Waals surface area contributed by atoms with Gasteiger partial charge in [-0.15, -0.1) is 0 Å². The molecule has 4 heteroatoms. The molecule has 0 aliphatic heterocycles. The van der Waals surface area contributed by atoms with Gasteiger partial charge >= 0.3 is 5.97 Å². The van der Waals surface area contributed by atoms with Gasteiger partial charge in [-0.1, -0.05) is 97.3 Å². The molecule has 26 heavy (non-hydrogen) atoms. The zero-order valence-electron chi connectivity index (χ0n) is 17.4. The lowest BCUT2D eigenvalue weighted by Gasteiger charge is -2.08. The monoisotopic (exact) mass is 372 g/mol. The van der Waals surface area contributed by atoms with Crippen molar-refractivity contribution < 1.29 is 19.7 Å². The van der Waals surface area contributed by atoms with Crippen molar-refractivity contribution in [2.45, 2.75) is 116 Å². The number of unbranched alkanes of at least 4 members (excludes halogenated alkanes) is 12. The van der Waals surface area contributed by atoms with E-state index in [2.05, 4.69) is 13.8 Å². The van der Waals surface area contributed by atoms with Gasteiger partial charge in [0.15, 0.2) is 0 Å². The van der Waals surface area contributed by atoms with Gasteiger partial charge in [0.2, 0.25) is 0 Å². The van der Waals surface area contributed by atoms with Crippen LogP contribution in [0.2, 0.25) is 0 Å². The first-order chi connectivity index (χ1) is 12.6. The Kier molecular flexibility index (Phi) is 18.7. The lowest BCUT2D eigenvalue weighted by Crippen LogP contribution is -2.21. The standard InChI is InChI=1S/C22H44O4/c1-20(2)16-14-12-10-8-6-4-3-5-7-9-11-13-15-17-22(25)26-19-21(24)18-23/h20-21,23-24H,3-19H2,1-2H3. The van der Waals surface area contributed by atoms with Crippen molar-refractivity contribution in [1.29, 1.82) is 0 Å². The van der Waals surface area contributed by atoms with Crippen molar-refractivity contribution in [3.8, 4) is 0 Å². The zero-order valence-corrected chi connectivity index (χ0v) is 17.4. The van der Waals surface area contributed by atoms with E-state index in [-0.39, 0.29) is 19.2 Å². The van der Waals surface area contributed by atoms with Crippen LogP contribution < -0.4 is 0 Å². The molecule has 0 rings (SSSR count). The van der Waals surface area contributed by atoms with Crippen molar-refractivity contribution in [3.63, 3.8) is 0 Å². The van der Waals surface area contributed by atoms with E-state index in [1.165, 1.54) is 77.0 Å². The number of aliphatic hydroxyl groups excluding tert-OH is 2. The summed E-state index contributed by atoms with van der Waals surface area (Å²) in [6.07, 6.45) is 17.6. The third-order valence-corrected chi connectivity index (χ3v) is 4.81. The molecule has 0 spiro atoms. The molecule has 1 unspecified atom stereocenters. The Labute approximate surface area is 161 Å². The average molecular weight is 373 g/mol. The molecule has 0 fully saturated rings. The predicted molar refractivity (Wildman–Crippen MR) is 108 cm³/mol. The normalized spacial score (nSPS) is 12.5. The summed E-state index contributed by atoms with van der Waals surface area (Å²) in [5.74, 6) is 0.580. The molecule has 0 amide bonds. The number of rotatable bonds is 19. The number of hydrogen-bond acceptors (Lipinski definition) is 4. The van der Waals surface area contributed by atoms with Crippen LogP contribution in [0.15, 0.2) is 0 Å². The van der Waals surface area contributed by atoms with E-state index in [4.69, 9.17) is 14.9 Å². The molecule has 0 bridgehead atoms. The number of esters is 1. The second-order valence-electron chi connectivity index (χ2n) is 8.05. The van der Waals surface area contributed by atoms with Crippen molar-refractivity contribution in [1.82, 2.24) is 0 Å². The largest absolute Gasteiger partial charge is 0.463 e. The molecule has 0 saturated carbocycles. The molecule has 1 atom stereocenters. The molecule has 0 radical (unpaired) electrons. The van der Waals surface area contributed by atoms with Gasteiger partial charge in [-0.2, -0.15) is 0 Å². The first-order valence-electron chi connectivity index (χ1n) is 11.0. The van der Waals surface area contributed by atoms with Gasteiger partial charge in [0, 0.05) is 6.42 Å². The first kappa shape index (κ1) is 25.4. The molecule has 0 saturated heterocycles. The fraction of sp³-hybridized carbons (Fsp3) is 0.955.